The van der Waals surface area contributed by atoms with Crippen LogP contribution >= 0.6 is 22.9 Å². The first-order chi connectivity index (χ1) is 6.79. The molecule has 0 saturated carbocycles. The summed E-state index contributed by atoms with van der Waals surface area (Å²) < 4.78 is 0. The molecule has 0 spiro atoms. The van der Waals surface area contributed by atoms with Crippen molar-refractivity contribution < 1.29 is 0 Å². The lowest BCUT2D eigenvalue weighted by Gasteiger charge is -1.96. The monoisotopic (exact) mass is 224 g/mol. The molecule has 14 heavy (non-hydrogen) atoms. The van der Waals surface area contributed by atoms with Gasteiger partial charge in [0, 0.05) is 16.6 Å². The van der Waals surface area contributed by atoms with Crippen LogP contribution in [0.4, 0.5) is 5.69 Å². The van der Waals surface area contributed by atoms with Crippen molar-refractivity contribution in [3.63, 3.8) is 0 Å². The minimum atomic E-state index is 0.464. The molecule has 2 N–H and O–H groups in total. The molecular formula is C10H9ClN2S. The lowest BCUT2D eigenvalue weighted by Crippen LogP contribution is -1.84. The molecule has 0 aliphatic rings. The number of hydrogen-bond acceptors (Lipinski definition) is 3. The topological polar surface area (TPSA) is 38.9 Å². The third-order valence-electron chi connectivity index (χ3n) is 1.85. The summed E-state index contributed by atoms with van der Waals surface area (Å²) in [4.78, 5) is 4.37. The molecule has 1 heterocycles. The van der Waals surface area contributed by atoms with E-state index in [1.165, 1.54) is 0 Å². The maximum absolute atomic E-state index is 5.68. The van der Waals surface area contributed by atoms with Gasteiger partial charge in [-0.1, -0.05) is 0 Å². The van der Waals surface area contributed by atoms with Crippen molar-refractivity contribution >= 4 is 28.6 Å². The first kappa shape index (κ1) is 9.49. The van der Waals surface area contributed by atoms with E-state index in [0.29, 0.717) is 5.88 Å². The lowest BCUT2D eigenvalue weighted by atomic mass is 10.2. The molecule has 2 aromatic rings. The van der Waals surface area contributed by atoms with Crippen LogP contribution in [0.2, 0.25) is 0 Å². The number of benzene rings is 1. The van der Waals surface area contributed by atoms with Gasteiger partial charge in [-0.15, -0.1) is 22.9 Å². The van der Waals surface area contributed by atoms with Crippen LogP contribution in [0.25, 0.3) is 10.6 Å². The van der Waals surface area contributed by atoms with Crippen molar-refractivity contribution in [3.05, 3.63) is 35.3 Å². The lowest BCUT2D eigenvalue weighted by molar-refractivity contribution is 1.23. The molecule has 1 aromatic heterocycles. The predicted octanol–water partition coefficient (Wildman–Crippen LogP) is 3.13. The molecule has 0 aliphatic heterocycles. The van der Waals surface area contributed by atoms with Crippen LogP contribution in [-0.2, 0) is 5.88 Å². The molecule has 0 atom stereocenters. The Kier molecular flexibility index (Phi) is 2.70. The van der Waals surface area contributed by atoms with E-state index in [0.717, 1.165) is 22.0 Å². The van der Waals surface area contributed by atoms with Gasteiger partial charge < -0.3 is 5.73 Å². The number of thiazole rings is 1. The highest BCUT2D eigenvalue weighted by atomic mass is 35.5. The second-order valence-electron chi connectivity index (χ2n) is 2.90. The Hall–Kier alpha value is -1.06. The average Bonchev–Trinajstić information content (AvgIpc) is 2.67. The van der Waals surface area contributed by atoms with Crippen LogP contribution in [0, 0.1) is 0 Å². The smallest absolute Gasteiger partial charge is 0.123 e. The maximum atomic E-state index is 5.68. The Morgan fingerprint density at radius 1 is 1.29 bits per heavy atom. The van der Waals surface area contributed by atoms with Crippen LogP contribution in [0.3, 0.4) is 0 Å². The fourth-order valence-electron chi connectivity index (χ4n) is 1.13. The molecule has 0 radical (unpaired) electrons. The van der Waals surface area contributed by atoms with E-state index in [2.05, 4.69) is 4.98 Å². The third-order valence-corrected chi connectivity index (χ3v) is 3.06. The van der Waals surface area contributed by atoms with Gasteiger partial charge in [-0.2, -0.15) is 0 Å². The van der Waals surface area contributed by atoms with Gasteiger partial charge in [0.1, 0.15) is 5.01 Å². The van der Waals surface area contributed by atoms with Crippen molar-refractivity contribution in [2.24, 2.45) is 0 Å². The minimum absolute atomic E-state index is 0.464. The van der Waals surface area contributed by atoms with Gasteiger partial charge in [-0.25, -0.2) is 4.98 Å². The number of halogens is 1. The molecule has 4 heteroatoms. The largest absolute Gasteiger partial charge is 0.399 e. The Balaban J connectivity index is 2.34. The Morgan fingerprint density at radius 3 is 2.57 bits per heavy atom. The highest BCUT2D eigenvalue weighted by Gasteiger charge is 2.02. The number of alkyl halides is 1. The van der Waals surface area contributed by atoms with Crippen molar-refractivity contribution in [2.45, 2.75) is 5.88 Å². The van der Waals surface area contributed by atoms with E-state index < -0.39 is 0 Å². The average molecular weight is 225 g/mol. The first-order valence-corrected chi connectivity index (χ1v) is 5.57. The standard InChI is InChI=1S/C10H9ClN2S/c11-5-9-6-14-10(13-9)7-1-3-8(12)4-2-7/h1-4,6H,5,12H2. The van der Waals surface area contributed by atoms with Gasteiger partial charge in [-0.3, -0.25) is 0 Å². The molecular weight excluding hydrogens is 216 g/mol. The summed E-state index contributed by atoms with van der Waals surface area (Å²) >= 11 is 7.27. The van der Waals surface area contributed by atoms with Crippen molar-refractivity contribution in [1.82, 2.24) is 4.98 Å². The SMILES string of the molecule is Nc1ccc(-c2nc(CCl)cs2)cc1. The predicted molar refractivity (Wildman–Crippen MR) is 61.5 cm³/mol. The molecule has 2 rings (SSSR count). The molecule has 2 nitrogen and oxygen atoms in total. The zero-order valence-electron chi connectivity index (χ0n) is 7.40. The number of aromatic nitrogens is 1. The van der Waals surface area contributed by atoms with E-state index >= 15 is 0 Å². The second-order valence-corrected chi connectivity index (χ2v) is 4.02. The van der Waals surface area contributed by atoms with Gasteiger partial charge in [0.15, 0.2) is 0 Å². The van der Waals surface area contributed by atoms with E-state index in [1.54, 1.807) is 11.3 Å². The maximum Gasteiger partial charge on any atom is 0.123 e. The minimum Gasteiger partial charge on any atom is -0.399 e. The van der Waals surface area contributed by atoms with Crippen molar-refractivity contribution in [2.75, 3.05) is 5.73 Å². The highest BCUT2D eigenvalue weighted by molar-refractivity contribution is 7.13. The summed E-state index contributed by atoms with van der Waals surface area (Å²) in [5.41, 5.74) is 8.37. The van der Waals surface area contributed by atoms with Gasteiger partial charge in [0.05, 0.1) is 11.6 Å². The zero-order valence-corrected chi connectivity index (χ0v) is 8.98. The van der Waals surface area contributed by atoms with Gasteiger partial charge in [0.2, 0.25) is 0 Å². The summed E-state index contributed by atoms with van der Waals surface area (Å²) in [7, 11) is 0. The normalized spacial score (nSPS) is 10.4. The van der Waals surface area contributed by atoms with Crippen LogP contribution < -0.4 is 5.73 Å². The number of nitrogens with two attached hydrogens (primary N) is 1. The van der Waals surface area contributed by atoms with Crippen LogP contribution in [0.5, 0.6) is 0 Å². The van der Waals surface area contributed by atoms with Gasteiger partial charge >= 0.3 is 0 Å². The van der Waals surface area contributed by atoms with Gasteiger partial charge in [-0.05, 0) is 24.3 Å². The van der Waals surface area contributed by atoms with Crippen LogP contribution in [-0.4, -0.2) is 4.98 Å². The molecule has 0 aliphatic carbocycles. The van der Waals surface area contributed by atoms with Gasteiger partial charge in [0.25, 0.3) is 0 Å². The summed E-state index contributed by atoms with van der Waals surface area (Å²) in [6, 6.07) is 7.67. The fourth-order valence-corrected chi connectivity index (χ4v) is 2.18. The molecule has 1 aromatic carbocycles. The molecule has 72 valence electrons. The van der Waals surface area contributed by atoms with E-state index in [1.807, 2.05) is 29.6 Å². The number of hydrogen-bond donors (Lipinski definition) is 1. The molecule has 0 saturated heterocycles. The highest BCUT2D eigenvalue weighted by Crippen LogP contribution is 2.24. The summed E-state index contributed by atoms with van der Waals surface area (Å²) in [6.07, 6.45) is 0. The second kappa shape index (κ2) is 3.98. The van der Waals surface area contributed by atoms with Crippen molar-refractivity contribution in [1.29, 1.82) is 0 Å². The summed E-state index contributed by atoms with van der Waals surface area (Å²) in [5, 5.41) is 2.96. The third kappa shape index (κ3) is 1.89. The summed E-state index contributed by atoms with van der Waals surface area (Å²) in [6.45, 7) is 0. The number of anilines is 1. The van der Waals surface area contributed by atoms with Crippen LogP contribution in [0.1, 0.15) is 5.69 Å². The molecule has 0 bridgehead atoms. The van der Waals surface area contributed by atoms with Crippen molar-refractivity contribution in [3.8, 4) is 10.6 Å². The summed E-state index contributed by atoms with van der Waals surface area (Å²) in [5.74, 6) is 0.464. The Labute approximate surface area is 91.4 Å². The quantitative estimate of drug-likeness (QED) is 0.629. The molecule has 0 unspecified atom stereocenters. The van der Waals surface area contributed by atoms with E-state index in [4.69, 9.17) is 17.3 Å². The van der Waals surface area contributed by atoms with E-state index in [9.17, 15) is 0 Å². The zero-order chi connectivity index (χ0) is 9.97. The van der Waals surface area contributed by atoms with Crippen LogP contribution in [0.15, 0.2) is 29.6 Å². The molecule has 0 fully saturated rings. The first-order valence-electron chi connectivity index (χ1n) is 4.16. The fraction of sp³-hybridized carbons (Fsp3) is 0.100. The molecule has 0 amide bonds. The Morgan fingerprint density at radius 2 is 2.00 bits per heavy atom. The Bertz CT molecular complexity index is 422. The number of nitrogen functional groups attached to an aromatic ring is 1. The number of nitrogens with zero attached hydrogens (tertiary/aromatic N) is 1. The number of rotatable bonds is 2. The van der Waals surface area contributed by atoms with E-state index in [-0.39, 0.29) is 0 Å².